The number of nitrogens with zero attached hydrogens (tertiary/aromatic N) is 1. The van der Waals surface area contributed by atoms with Crippen LogP contribution in [0.2, 0.25) is 5.02 Å². The van der Waals surface area contributed by atoms with E-state index in [0.717, 1.165) is 5.56 Å². The van der Waals surface area contributed by atoms with Crippen LogP contribution in [0.5, 0.6) is 0 Å². The molecule has 0 aliphatic carbocycles. The summed E-state index contributed by atoms with van der Waals surface area (Å²) in [6.07, 6.45) is 0. The molecule has 0 saturated carbocycles. The minimum Gasteiger partial charge on any atom is -0.431 e. The molecule has 1 aromatic heterocycles. The normalized spacial score (nSPS) is 10.8. The lowest BCUT2D eigenvalue weighted by Gasteiger charge is -2.11. The summed E-state index contributed by atoms with van der Waals surface area (Å²) in [4.78, 5) is 29.1. The van der Waals surface area contributed by atoms with E-state index in [1.165, 1.54) is 11.8 Å². The van der Waals surface area contributed by atoms with Gasteiger partial charge in [-0.1, -0.05) is 47.6 Å². The molecule has 0 spiro atoms. The van der Waals surface area contributed by atoms with Gasteiger partial charge in [0, 0.05) is 22.0 Å². The third-order valence-electron chi connectivity index (χ3n) is 4.46. The van der Waals surface area contributed by atoms with Gasteiger partial charge in [0.25, 0.3) is 11.1 Å². The molecule has 0 aliphatic heterocycles. The number of anilines is 2. The summed E-state index contributed by atoms with van der Waals surface area (Å²) in [6.45, 7) is 1.89. The van der Waals surface area contributed by atoms with Crippen LogP contribution in [0.1, 0.15) is 15.9 Å². The van der Waals surface area contributed by atoms with Gasteiger partial charge in [-0.05, 0) is 55.0 Å². The molecule has 4 aromatic rings. The maximum absolute atomic E-state index is 12.4. The molecule has 156 valence electrons. The van der Waals surface area contributed by atoms with Gasteiger partial charge in [-0.2, -0.15) is 0 Å². The number of aromatic nitrogens is 1. The van der Waals surface area contributed by atoms with Crippen molar-refractivity contribution in [2.45, 2.75) is 12.1 Å². The molecule has 0 radical (unpaired) electrons. The Kier molecular flexibility index (Phi) is 6.25. The zero-order valence-electron chi connectivity index (χ0n) is 16.5. The monoisotopic (exact) mass is 451 g/mol. The fraction of sp³-hybridized carbons (Fsp3) is 0.0870. The molecule has 0 aliphatic rings. The average Bonchev–Trinajstić information content (AvgIpc) is 3.17. The molecule has 1 heterocycles. The summed E-state index contributed by atoms with van der Waals surface area (Å²) < 4.78 is 5.61. The van der Waals surface area contributed by atoms with Crippen molar-refractivity contribution in [2.24, 2.45) is 0 Å². The summed E-state index contributed by atoms with van der Waals surface area (Å²) in [5.74, 6) is -0.298. The Labute approximate surface area is 188 Å². The SMILES string of the molecule is Cc1ccc(NC(=O)CSc2nc3cc(Cl)ccc3o2)cc1NC(=O)c1ccccc1. The summed E-state index contributed by atoms with van der Waals surface area (Å²) in [6, 6.07) is 19.5. The molecule has 2 amide bonds. The van der Waals surface area contributed by atoms with Crippen LogP contribution < -0.4 is 10.6 Å². The second-order valence-corrected chi connectivity index (χ2v) is 8.14. The molecule has 4 rings (SSSR count). The molecule has 8 heteroatoms. The van der Waals surface area contributed by atoms with Crippen molar-refractivity contribution in [1.29, 1.82) is 0 Å². The summed E-state index contributed by atoms with van der Waals surface area (Å²) in [7, 11) is 0. The van der Waals surface area contributed by atoms with Crippen LogP contribution in [-0.2, 0) is 4.79 Å². The molecule has 2 N–H and O–H groups in total. The second kappa shape index (κ2) is 9.24. The Balaban J connectivity index is 1.38. The number of rotatable bonds is 6. The number of hydrogen-bond donors (Lipinski definition) is 2. The van der Waals surface area contributed by atoms with Crippen LogP contribution in [0, 0.1) is 6.92 Å². The summed E-state index contributed by atoms with van der Waals surface area (Å²) in [5.41, 5.74) is 3.94. The quantitative estimate of drug-likeness (QED) is 0.363. The average molecular weight is 452 g/mol. The largest absolute Gasteiger partial charge is 0.431 e. The van der Waals surface area contributed by atoms with Gasteiger partial charge in [-0.15, -0.1) is 0 Å². The van der Waals surface area contributed by atoms with E-state index in [1.807, 2.05) is 31.2 Å². The third-order valence-corrected chi connectivity index (χ3v) is 5.53. The zero-order chi connectivity index (χ0) is 21.8. The van der Waals surface area contributed by atoms with Gasteiger partial charge < -0.3 is 15.1 Å². The number of fused-ring (bicyclic) bond motifs is 1. The van der Waals surface area contributed by atoms with Crippen LogP contribution in [0.15, 0.2) is 76.4 Å². The summed E-state index contributed by atoms with van der Waals surface area (Å²) >= 11 is 7.15. The highest BCUT2D eigenvalue weighted by Gasteiger charge is 2.12. The van der Waals surface area contributed by atoms with E-state index in [4.69, 9.17) is 16.0 Å². The van der Waals surface area contributed by atoms with Crippen molar-refractivity contribution in [3.63, 3.8) is 0 Å². The third kappa shape index (κ3) is 5.25. The number of carbonyl (C=O) groups excluding carboxylic acids is 2. The fourth-order valence-electron chi connectivity index (χ4n) is 2.88. The Morgan fingerprint density at radius 1 is 1.03 bits per heavy atom. The predicted molar refractivity (Wildman–Crippen MR) is 124 cm³/mol. The lowest BCUT2D eigenvalue weighted by molar-refractivity contribution is -0.113. The maximum atomic E-state index is 12.4. The van der Waals surface area contributed by atoms with Crippen LogP contribution >= 0.6 is 23.4 Å². The van der Waals surface area contributed by atoms with Crippen LogP contribution in [0.4, 0.5) is 11.4 Å². The van der Waals surface area contributed by atoms with Crippen LogP contribution in [-0.4, -0.2) is 22.6 Å². The number of nitrogens with one attached hydrogen (secondary N) is 2. The Morgan fingerprint density at radius 2 is 1.84 bits per heavy atom. The Morgan fingerprint density at radius 3 is 2.65 bits per heavy atom. The minimum absolute atomic E-state index is 0.125. The molecule has 0 bridgehead atoms. The standard InChI is InChI=1S/C23H18ClN3O3S/c1-14-7-9-17(12-18(14)26-22(29)15-5-3-2-4-6-15)25-21(28)13-31-23-27-19-11-16(24)8-10-20(19)30-23/h2-12H,13H2,1H3,(H,25,28)(H,26,29). The van der Waals surface area contributed by atoms with Gasteiger partial charge in [-0.3, -0.25) is 9.59 Å². The number of oxazole rings is 1. The van der Waals surface area contributed by atoms with E-state index in [1.54, 1.807) is 42.5 Å². The first-order valence-electron chi connectivity index (χ1n) is 9.44. The van der Waals surface area contributed by atoms with Crippen molar-refractivity contribution in [3.05, 3.63) is 82.9 Å². The van der Waals surface area contributed by atoms with Crippen molar-refractivity contribution >= 4 is 57.7 Å². The highest BCUT2D eigenvalue weighted by Crippen LogP contribution is 2.26. The van der Waals surface area contributed by atoms with Gasteiger partial charge in [0.1, 0.15) is 5.52 Å². The van der Waals surface area contributed by atoms with Gasteiger partial charge >= 0.3 is 0 Å². The molecular formula is C23H18ClN3O3S. The highest BCUT2D eigenvalue weighted by atomic mass is 35.5. The van der Waals surface area contributed by atoms with Gasteiger partial charge in [-0.25, -0.2) is 4.98 Å². The molecule has 0 unspecified atom stereocenters. The smallest absolute Gasteiger partial charge is 0.257 e. The molecule has 31 heavy (non-hydrogen) atoms. The first-order valence-corrected chi connectivity index (χ1v) is 10.8. The van der Waals surface area contributed by atoms with Gasteiger partial charge in [0.15, 0.2) is 5.58 Å². The van der Waals surface area contributed by atoms with E-state index < -0.39 is 0 Å². The number of halogens is 1. The van der Waals surface area contributed by atoms with E-state index in [0.29, 0.717) is 38.3 Å². The molecule has 0 saturated heterocycles. The Hall–Kier alpha value is -3.29. The zero-order valence-corrected chi connectivity index (χ0v) is 18.1. The molecule has 6 nitrogen and oxygen atoms in total. The van der Waals surface area contributed by atoms with E-state index in [-0.39, 0.29) is 17.6 Å². The van der Waals surface area contributed by atoms with E-state index in [2.05, 4.69) is 15.6 Å². The number of hydrogen-bond acceptors (Lipinski definition) is 5. The van der Waals surface area contributed by atoms with Crippen molar-refractivity contribution in [3.8, 4) is 0 Å². The van der Waals surface area contributed by atoms with E-state index in [9.17, 15) is 9.59 Å². The molecule has 3 aromatic carbocycles. The van der Waals surface area contributed by atoms with Gasteiger partial charge in [0.05, 0.1) is 5.75 Å². The predicted octanol–water partition coefficient (Wildman–Crippen LogP) is 5.77. The number of amides is 2. The number of thioether (sulfide) groups is 1. The summed E-state index contributed by atoms with van der Waals surface area (Å²) in [5, 5.41) is 6.69. The topological polar surface area (TPSA) is 84.2 Å². The second-order valence-electron chi connectivity index (χ2n) is 6.78. The first-order chi connectivity index (χ1) is 15.0. The van der Waals surface area contributed by atoms with Crippen LogP contribution in [0.25, 0.3) is 11.1 Å². The van der Waals surface area contributed by atoms with Gasteiger partial charge in [0.2, 0.25) is 5.91 Å². The minimum atomic E-state index is -0.213. The lowest BCUT2D eigenvalue weighted by atomic mass is 10.1. The van der Waals surface area contributed by atoms with Crippen molar-refractivity contribution < 1.29 is 14.0 Å². The number of carbonyl (C=O) groups is 2. The van der Waals surface area contributed by atoms with Crippen molar-refractivity contribution in [1.82, 2.24) is 4.98 Å². The lowest BCUT2D eigenvalue weighted by Crippen LogP contribution is -2.15. The fourth-order valence-corrected chi connectivity index (χ4v) is 3.69. The first kappa shape index (κ1) is 21.0. The number of aryl methyl sites for hydroxylation is 1. The molecular weight excluding hydrogens is 434 g/mol. The van der Waals surface area contributed by atoms with Crippen LogP contribution in [0.3, 0.4) is 0 Å². The Bertz CT molecular complexity index is 1260. The maximum Gasteiger partial charge on any atom is 0.257 e. The molecule has 0 atom stereocenters. The highest BCUT2D eigenvalue weighted by molar-refractivity contribution is 7.99. The number of benzene rings is 3. The van der Waals surface area contributed by atoms with E-state index >= 15 is 0 Å². The van der Waals surface area contributed by atoms with Crippen molar-refractivity contribution in [2.75, 3.05) is 16.4 Å². The molecule has 0 fully saturated rings.